The molecule has 2 heterocycles. The number of aryl methyl sites for hydroxylation is 1. The maximum atomic E-state index is 14.0. The fourth-order valence-corrected chi connectivity index (χ4v) is 6.31. The maximum Gasteiger partial charge on any atom is 0.514 e. The second kappa shape index (κ2) is 13.6. The van der Waals surface area contributed by atoms with Crippen molar-refractivity contribution in [3.63, 3.8) is 0 Å². The molecule has 2 aromatic heterocycles. The van der Waals surface area contributed by atoms with E-state index in [9.17, 15) is 9.59 Å². The monoisotopic (exact) mass is 598 g/mol. The molecule has 0 saturated heterocycles. The third kappa shape index (κ3) is 6.74. The number of methoxy groups -OCH3 is 2. The number of hydrogen-bond acceptors (Lipinski definition) is 8. The van der Waals surface area contributed by atoms with Crippen molar-refractivity contribution in [2.24, 2.45) is 0 Å². The summed E-state index contributed by atoms with van der Waals surface area (Å²) in [5, 5.41) is 4.02. The minimum Gasteiger partial charge on any atom is -0.497 e. The molecule has 0 amide bonds. The number of para-hydroxylation sites is 1. The topological polar surface area (TPSA) is 88.0 Å². The van der Waals surface area contributed by atoms with Crippen molar-refractivity contribution in [1.82, 2.24) is 9.88 Å². The Morgan fingerprint density at radius 3 is 2.44 bits per heavy atom. The van der Waals surface area contributed by atoms with Crippen LogP contribution in [-0.4, -0.2) is 31.5 Å². The van der Waals surface area contributed by atoms with Gasteiger partial charge in [0, 0.05) is 23.5 Å². The van der Waals surface area contributed by atoms with E-state index < -0.39 is 6.16 Å². The minimum absolute atomic E-state index is 0.0973. The first-order chi connectivity index (χ1) is 20.9. The molecule has 0 fully saturated rings. The molecule has 0 unspecified atom stereocenters. The predicted octanol–water partition coefficient (Wildman–Crippen LogP) is 6.93. The fraction of sp³-hybridized carbons (Fsp3) is 0.235. The Kier molecular flexibility index (Phi) is 9.44. The molecule has 0 spiro atoms. The Hall–Kier alpha value is -4.60. The Labute approximate surface area is 254 Å². The van der Waals surface area contributed by atoms with Gasteiger partial charge in [-0.1, -0.05) is 48.0 Å². The van der Waals surface area contributed by atoms with Gasteiger partial charge in [0.25, 0.3) is 0 Å². The number of fused-ring (bicyclic) bond motifs is 1. The lowest BCUT2D eigenvalue weighted by Gasteiger charge is -2.14. The normalized spacial score (nSPS) is 11.0. The number of rotatable bonds is 11. The van der Waals surface area contributed by atoms with Crippen molar-refractivity contribution in [2.45, 2.75) is 33.5 Å². The molecule has 9 heteroatoms. The zero-order chi connectivity index (χ0) is 30.3. The summed E-state index contributed by atoms with van der Waals surface area (Å²) in [7, 11) is 3.25. The molecule has 8 nitrogen and oxygen atoms in total. The van der Waals surface area contributed by atoms with Gasteiger partial charge in [0.2, 0.25) is 5.43 Å². The van der Waals surface area contributed by atoms with Crippen LogP contribution in [0.3, 0.4) is 0 Å². The molecule has 1 N–H and O–H groups in total. The number of carbonyl (C=O) groups excluding carboxylic acids is 1. The third-order valence-electron chi connectivity index (χ3n) is 7.03. The van der Waals surface area contributed by atoms with Crippen molar-refractivity contribution in [1.29, 1.82) is 0 Å². The van der Waals surface area contributed by atoms with Gasteiger partial charge < -0.3 is 28.8 Å². The average molecular weight is 599 g/mol. The summed E-state index contributed by atoms with van der Waals surface area (Å²) in [5.41, 5.74) is 4.64. The minimum atomic E-state index is -0.924. The molecule has 3 aromatic carbocycles. The maximum absolute atomic E-state index is 14.0. The van der Waals surface area contributed by atoms with Gasteiger partial charge in [0.15, 0.2) is 5.75 Å². The van der Waals surface area contributed by atoms with Gasteiger partial charge in [0.1, 0.15) is 16.3 Å². The van der Waals surface area contributed by atoms with Crippen LogP contribution in [0, 0.1) is 6.92 Å². The molecule has 0 atom stereocenters. The molecular formula is C34H34N2O6S. The van der Waals surface area contributed by atoms with Crippen molar-refractivity contribution < 1.29 is 23.7 Å². The summed E-state index contributed by atoms with van der Waals surface area (Å²) in [6.45, 7) is 5.30. The Balaban J connectivity index is 1.67. The van der Waals surface area contributed by atoms with Crippen molar-refractivity contribution in [3.05, 3.63) is 111 Å². The molecule has 5 aromatic rings. The van der Waals surface area contributed by atoms with Crippen LogP contribution in [0.25, 0.3) is 20.7 Å². The van der Waals surface area contributed by atoms with E-state index in [0.29, 0.717) is 30.8 Å². The summed E-state index contributed by atoms with van der Waals surface area (Å²) < 4.78 is 23.4. The van der Waals surface area contributed by atoms with Crippen LogP contribution in [0.15, 0.2) is 83.8 Å². The van der Waals surface area contributed by atoms with Crippen molar-refractivity contribution >= 4 is 27.7 Å². The molecule has 0 saturated carbocycles. The van der Waals surface area contributed by atoms with E-state index in [2.05, 4.69) is 30.4 Å². The largest absolute Gasteiger partial charge is 0.514 e. The Morgan fingerprint density at radius 1 is 0.930 bits per heavy atom. The summed E-state index contributed by atoms with van der Waals surface area (Å²) >= 11 is 1.52. The number of ether oxygens (including phenoxy) is 4. The summed E-state index contributed by atoms with van der Waals surface area (Å²) in [6.07, 6.45) is 0.652. The number of thiophene rings is 1. The van der Waals surface area contributed by atoms with Gasteiger partial charge in [0.05, 0.1) is 39.0 Å². The van der Waals surface area contributed by atoms with E-state index in [0.717, 1.165) is 37.7 Å². The highest BCUT2D eigenvalue weighted by Gasteiger charge is 2.23. The molecule has 0 aliphatic carbocycles. The molecule has 0 aliphatic rings. The summed E-state index contributed by atoms with van der Waals surface area (Å²) in [5.74, 6) is 1.36. The van der Waals surface area contributed by atoms with E-state index in [1.165, 1.54) is 16.9 Å². The molecule has 0 radical (unpaired) electrons. The summed E-state index contributed by atoms with van der Waals surface area (Å²) in [6, 6.07) is 23.8. The van der Waals surface area contributed by atoms with Crippen LogP contribution in [0.1, 0.15) is 29.2 Å². The average Bonchev–Trinajstić information content (AvgIpc) is 3.40. The van der Waals surface area contributed by atoms with Crippen LogP contribution in [0.4, 0.5) is 4.79 Å². The smallest absolute Gasteiger partial charge is 0.497 e. The van der Waals surface area contributed by atoms with E-state index in [4.69, 9.17) is 18.9 Å². The van der Waals surface area contributed by atoms with Gasteiger partial charge in [-0.15, -0.1) is 11.3 Å². The first kappa shape index (κ1) is 29.9. The molecular weight excluding hydrogens is 564 g/mol. The first-order valence-electron chi connectivity index (χ1n) is 14.0. The molecule has 43 heavy (non-hydrogen) atoms. The Morgan fingerprint density at radius 2 is 1.72 bits per heavy atom. The van der Waals surface area contributed by atoms with Gasteiger partial charge in [-0.05, 0) is 60.9 Å². The quantitative estimate of drug-likeness (QED) is 0.165. The number of benzene rings is 3. The first-order valence-corrected chi connectivity index (χ1v) is 14.8. The molecule has 0 bridgehead atoms. The lowest BCUT2D eigenvalue weighted by atomic mass is 10.1. The van der Waals surface area contributed by atoms with Gasteiger partial charge in [-0.25, -0.2) is 4.79 Å². The summed E-state index contributed by atoms with van der Waals surface area (Å²) in [4.78, 5) is 28.1. The van der Waals surface area contributed by atoms with Gasteiger partial charge >= 0.3 is 6.16 Å². The number of nitrogens with zero attached hydrogens (tertiary/aromatic N) is 1. The highest BCUT2D eigenvalue weighted by atomic mass is 32.1. The lowest BCUT2D eigenvalue weighted by Crippen LogP contribution is -2.20. The van der Waals surface area contributed by atoms with Crippen molar-refractivity contribution in [3.8, 4) is 27.7 Å². The fourth-order valence-electron chi connectivity index (χ4n) is 5.01. The number of aromatic nitrogens is 1. The second-order valence-electron chi connectivity index (χ2n) is 9.96. The van der Waals surface area contributed by atoms with Crippen LogP contribution >= 0.6 is 11.3 Å². The van der Waals surface area contributed by atoms with E-state index in [1.807, 2.05) is 59.2 Å². The number of pyridine rings is 1. The van der Waals surface area contributed by atoms with Crippen molar-refractivity contribution in [2.75, 3.05) is 20.8 Å². The highest BCUT2D eigenvalue weighted by molar-refractivity contribution is 7.22. The van der Waals surface area contributed by atoms with Gasteiger partial charge in [-0.3, -0.25) is 4.79 Å². The zero-order valence-electron chi connectivity index (χ0n) is 24.6. The standard InChI is InChI=1S/C34H34N2O6S/c1-5-41-34(38)42-29-21-36(20-25-11-6-7-12-28(25)40-4)33-30(31(29)37)27(19-35-18-23-10-8-9-22(2)17-23)32(43-33)24-13-15-26(39-3)16-14-24/h6-17,21,35H,5,18-20H2,1-4H3. The number of carbonyl (C=O) groups is 1. The lowest BCUT2D eigenvalue weighted by molar-refractivity contribution is 0.104. The van der Waals surface area contributed by atoms with Crippen LogP contribution < -0.4 is 25.0 Å². The third-order valence-corrected chi connectivity index (χ3v) is 8.35. The number of nitrogens with one attached hydrogen (secondary N) is 1. The molecule has 5 rings (SSSR count). The molecule has 222 valence electrons. The number of hydrogen-bond donors (Lipinski definition) is 1. The van der Waals surface area contributed by atoms with E-state index in [-0.39, 0.29) is 17.8 Å². The van der Waals surface area contributed by atoms with Crippen LogP contribution in [0.2, 0.25) is 0 Å². The highest BCUT2D eigenvalue weighted by Crippen LogP contribution is 2.39. The van der Waals surface area contributed by atoms with Crippen LogP contribution in [0.5, 0.6) is 17.2 Å². The van der Waals surface area contributed by atoms with Crippen LogP contribution in [-0.2, 0) is 24.4 Å². The SMILES string of the molecule is CCOC(=O)Oc1cn(Cc2ccccc2OC)c2sc(-c3ccc(OC)cc3)c(CNCc3cccc(C)c3)c2c1=O. The Bertz CT molecular complexity index is 1790. The van der Waals surface area contributed by atoms with E-state index >= 15 is 0 Å². The van der Waals surface area contributed by atoms with E-state index in [1.54, 1.807) is 27.3 Å². The predicted molar refractivity (Wildman–Crippen MR) is 170 cm³/mol. The second-order valence-corrected chi connectivity index (χ2v) is 11.0. The zero-order valence-corrected chi connectivity index (χ0v) is 25.5. The molecule has 0 aliphatic heterocycles. The van der Waals surface area contributed by atoms with Gasteiger partial charge in [-0.2, -0.15) is 0 Å².